The maximum absolute atomic E-state index is 13.1. The fourth-order valence-electron chi connectivity index (χ4n) is 1.92. The highest BCUT2D eigenvalue weighted by Gasteiger charge is 2.15. The Morgan fingerprint density at radius 2 is 1.95 bits per heavy atom. The van der Waals surface area contributed by atoms with Crippen molar-refractivity contribution in [2.24, 2.45) is 0 Å². The minimum atomic E-state index is -1.20. The number of aromatic nitrogens is 2. The average Bonchev–Trinajstić information content (AvgIpc) is 3.01. The summed E-state index contributed by atoms with van der Waals surface area (Å²) >= 11 is 1.50. The van der Waals surface area contributed by atoms with Crippen LogP contribution in [0.4, 0.5) is 4.39 Å². The van der Waals surface area contributed by atoms with Crippen LogP contribution in [-0.4, -0.2) is 21.0 Å². The van der Waals surface area contributed by atoms with E-state index in [4.69, 9.17) is 5.11 Å². The molecule has 3 aromatic rings. The van der Waals surface area contributed by atoms with Gasteiger partial charge in [-0.1, -0.05) is 6.07 Å². The summed E-state index contributed by atoms with van der Waals surface area (Å²) in [4.78, 5) is 19.9. The fraction of sp³-hybridized carbons (Fsp3) is 0. The molecule has 0 unspecified atom stereocenters. The molecule has 0 spiro atoms. The second kappa shape index (κ2) is 5.41. The highest BCUT2D eigenvalue weighted by atomic mass is 32.1. The number of carbonyl (C=O) groups is 1. The zero-order chi connectivity index (χ0) is 14.8. The summed E-state index contributed by atoms with van der Waals surface area (Å²) in [6, 6.07) is 9.56. The van der Waals surface area contributed by atoms with Gasteiger partial charge in [-0.3, -0.25) is 0 Å². The summed E-state index contributed by atoms with van der Waals surface area (Å²) in [7, 11) is 0. The third kappa shape index (κ3) is 2.66. The second-order valence-electron chi connectivity index (χ2n) is 4.25. The molecule has 4 nitrogen and oxygen atoms in total. The summed E-state index contributed by atoms with van der Waals surface area (Å²) in [5.74, 6) is -1.84. The Morgan fingerprint density at radius 3 is 2.57 bits per heavy atom. The summed E-state index contributed by atoms with van der Waals surface area (Å²) < 4.78 is 13.1. The van der Waals surface area contributed by atoms with Crippen molar-refractivity contribution >= 4 is 17.3 Å². The van der Waals surface area contributed by atoms with Gasteiger partial charge in [0.2, 0.25) is 5.82 Å². The van der Waals surface area contributed by atoms with E-state index in [0.717, 1.165) is 10.4 Å². The van der Waals surface area contributed by atoms with E-state index in [1.54, 1.807) is 12.1 Å². The first-order chi connectivity index (χ1) is 10.1. The van der Waals surface area contributed by atoms with E-state index in [9.17, 15) is 9.18 Å². The molecule has 0 aliphatic carbocycles. The van der Waals surface area contributed by atoms with Gasteiger partial charge in [0.1, 0.15) is 5.82 Å². The molecule has 3 rings (SSSR count). The van der Waals surface area contributed by atoms with E-state index in [0.29, 0.717) is 11.3 Å². The van der Waals surface area contributed by atoms with Crippen molar-refractivity contribution < 1.29 is 14.3 Å². The molecule has 0 saturated heterocycles. The monoisotopic (exact) mass is 300 g/mol. The smallest absolute Gasteiger partial charge is 0.373 e. The van der Waals surface area contributed by atoms with Crippen LogP contribution in [0.1, 0.15) is 10.6 Å². The van der Waals surface area contributed by atoms with Crippen LogP contribution in [0.3, 0.4) is 0 Å². The lowest BCUT2D eigenvalue weighted by molar-refractivity contribution is 0.0683. The van der Waals surface area contributed by atoms with Crippen LogP contribution >= 0.6 is 11.3 Å². The molecule has 0 atom stereocenters. The number of thiophene rings is 1. The van der Waals surface area contributed by atoms with Gasteiger partial charge in [0, 0.05) is 22.2 Å². The highest BCUT2D eigenvalue weighted by Crippen LogP contribution is 2.32. The van der Waals surface area contributed by atoms with Crippen molar-refractivity contribution in [1.82, 2.24) is 9.97 Å². The maximum atomic E-state index is 13.1. The number of rotatable bonds is 3. The highest BCUT2D eigenvalue weighted by molar-refractivity contribution is 7.13. The van der Waals surface area contributed by atoms with Crippen LogP contribution in [-0.2, 0) is 0 Å². The lowest BCUT2D eigenvalue weighted by Gasteiger charge is -2.08. The van der Waals surface area contributed by atoms with Gasteiger partial charge in [-0.05, 0) is 35.7 Å². The quantitative estimate of drug-likeness (QED) is 0.801. The van der Waals surface area contributed by atoms with Crippen LogP contribution in [0.2, 0.25) is 0 Å². The van der Waals surface area contributed by atoms with E-state index in [1.165, 1.54) is 29.7 Å². The van der Waals surface area contributed by atoms with Crippen molar-refractivity contribution in [2.75, 3.05) is 0 Å². The predicted molar refractivity (Wildman–Crippen MR) is 77.7 cm³/mol. The first-order valence-corrected chi connectivity index (χ1v) is 6.93. The minimum absolute atomic E-state index is 0.283. The van der Waals surface area contributed by atoms with Gasteiger partial charge >= 0.3 is 5.97 Å². The Bertz CT molecular complexity index is 786. The van der Waals surface area contributed by atoms with E-state index in [1.807, 2.05) is 17.5 Å². The van der Waals surface area contributed by atoms with Crippen molar-refractivity contribution in [1.29, 1.82) is 0 Å². The number of benzene rings is 1. The van der Waals surface area contributed by atoms with E-state index in [-0.39, 0.29) is 11.6 Å². The number of nitrogens with zero attached hydrogens (tertiary/aromatic N) is 2. The summed E-state index contributed by atoms with van der Waals surface area (Å²) in [6.45, 7) is 0. The van der Waals surface area contributed by atoms with Gasteiger partial charge in [-0.15, -0.1) is 11.3 Å². The molecule has 2 heterocycles. The molecule has 104 valence electrons. The van der Waals surface area contributed by atoms with Gasteiger partial charge in [0.05, 0.1) is 5.69 Å². The molecule has 0 fully saturated rings. The molecule has 1 N–H and O–H groups in total. The molecule has 0 amide bonds. The first kappa shape index (κ1) is 13.4. The molecule has 0 radical (unpaired) electrons. The Labute approximate surface area is 123 Å². The average molecular weight is 300 g/mol. The number of hydrogen-bond acceptors (Lipinski definition) is 4. The third-order valence-electron chi connectivity index (χ3n) is 2.88. The molecular weight excluding hydrogens is 291 g/mol. The molecule has 21 heavy (non-hydrogen) atoms. The number of carboxylic acid groups (broad SMARTS) is 1. The Kier molecular flexibility index (Phi) is 3.45. The van der Waals surface area contributed by atoms with Gasteiger partial charge in [0.25, 0.3) is 0 Å². The van der Waals surface area contributed by atoms with Crippen LogP contribution in [0, 0.1) is 5.82 Å². The van der Waals surface area contributed by atoms with E-state index in [2.05, 4.69) is 9.97 Å². The number of hydrogen-bond donors (Lipinski definition) is 1. The van der Waals surface area contributed by atoms with Crippen molar-refractivity contribution in [3.8, 4) is 21.7 Å². The fourth-order valence-corrected chi connectivity index (χ4v) is 2.66. The maximum Gasteiger partial charge on any atom is 0.373 e. The summed E-state index contributed by atoms with van der Waals surface area (Å²) in [5, 5.41) is 11.0. The summed E-state index contributed by atoms with van der Waals surface area (Å²) in [6.07, 6.45) is 1.49. The van der Waals surface area contributed by atoms with E-state index >= 15 is 0 Å². The number of aromatic carboxylic acids is 1. The molecular formula is C15H9FN2O2S. The Morgan fingerprint density at radius 1 is 1.19 bits per heavy atom. The van der Waals surface area contributed by atoms with Crippen molar-refractivity contribution in [3.05, 3.63) is 59.6 Å². The standard InChI is InChI=1S/C15H9FN2O2S/c16-10-5-3-9(4-6-10)13-11(12-2-1-7-21-12)8-17-14(18-13)15(19)20/h1-8H,(H,19,20). The topological polar surface area (TPSA) is 63.1 Å². The van der Waals surface area contributed by atoms with Crippen LogP contribution in [0.5, 0.6) is 0 Å². The normalized spacial score (nSPS) is 10.5. The number of halogens is 1. The van der Waals surface area contributed by atoms with Gasteiger partial charge in [-0.2, -0.15) is 0 Å². The van der Waals surface area contributed by atoms with Crippen molar-refractivity contribution in [3.63, 3.8) is 0 Å². The Hall–Kier alpha value is -2.60. The zero-order valence-electron chi connectivity index (χ0n) is 10.7. The lowest BCUT2D eigenvalue weighted by Crippen LogP contribution is -2.05. The molecule has 0 saturated carbocycles. The lowest BCUT2D eigenvalue weighted by atomic mass is 10.1. The molecule has 6 heteroatoms. The molecule has 2 aromatic heterocycles. The number of carboxylic acids is 1. The molecule has 1 aromatic carbocycles. The zero-order valence-corrected chi connectivity index (χ0v) is 11.5. The van der Waals surface area contributed by atoms with Gasteiger partial charge in [-0.25, -0.2) is 19.2 Å². The second-order valence-corrected chi connectivity index (χ2v) is 5.19. The van der Waals surface area contributed by atoms with Crippen LogP contribution < -0.4 is 0 Å². The molecule has 0 bridgehead atoms. The molecule has 0 aliphatic rings. The Balaban J connectivity index is 2.21. The van der Waals surface area contributed by atoms with Gasteiger partial charge in [0.15, 0.2) is 0 Å². The third-order valence-corrected chi connectivity index (χ3v) is 3.79. The molecule has 0 aliphatic heterocycles. The first-order valence-electron chi connectivity index (χ1n) is 6.05. The minimum Gasteiger partial charge on any atom is -0.475 e. The van der Waals surface area contributed by atoms with Crippen LogP contribution in [0.25, 0.3) is 21.7 Å². The predicted octanol–water partition coefficient (Wildman–Crippen LogP) is 3.71. The summed E-state index contributed by atoms with van der Waals surface area (Å²) in [5.41, 5.74) is 1.84. The van der Waals surface area contributed by atoms with Crippen molar-refractivity contribution in [2.45, 2.75) is 0 Å². The largest absolute Gasteiger partial charge is 0.475 e. The SMILES string of the molecule is O=C(O)c1ncc(-c2cccs2)c(-c2ccc(F)cc2)n1. The van der Waals surface area contributed by atoms with Crippen LogP contribution in [0.15, 0.2) is 48.0 Å². The van der Waals surface area contributed by atoms with Gasteiger partial charge < -0.3 is 5.11 Å². The van der Waals surface area contributed by atoms with E-state index < -0.39 is 5.97 Å².